The van der Waals surface area contributed by atoms with Gasteiger partial charge in [0.05, 0.1) is 16.4 Å². The number of rotatable bonds is 7. The molecule has 1 unspecified atom stereocenters. The van der Waals surface area contributed by atoms with Gasteiger partial charge in [0.2, 0.25) is 0 Å². The van der Waals surface area contributed by atoms with Crippen molar-refractivity contribution in [3.8, 4) is 0 Å². The molecule has 1 N–H and O–H groups in total. The van der Waals surface area contributed by atoms with Crippen LogP contribution in [0.4, 0.5) is 0 Å². The first kappa shape index (κ1) is 14.3. The molecule has 0 aliphatic rings. The fourth-order valence-electron chi connectivity index (χ4n) is 1.92. The smallest absolute Gasteiger partial charge is 0.0847 e. The number of nitrogens with zero attached hydrogens (tertiary/aromatic N) is 2. The predicted octanol–water partition coefficient (Wildman–Crippen LogP) is 2.87. The molecule has 0 aliphatic heterocycles. The lowest BCUT2D eigenvalue weighted by Gasteiger charge is -2.17. The monoisotopic (exact) mass is 255 g/mol. The Kier molecular flexibility index (Phi) is 5.72. The van der Waals surface area contributed by atoms with Gasteiger partial charge in [0, 0.05) is 19.5 Å². The Morgan fingerprint density at radius 1 is 1.59 bits per heavy atom. The summed E-state index contributed by atoms with van der Waals surface area (Å²) in [4.78, 5) is 0. The molecule has 96 valence electrons. The molecule has 0 aromatic carbocycles. The molecule has 0 radical (unpaired) electrons. The van der Waals surface area contributed by atoms with Crippen molar-refractivity contribution in [1.82, 2.24) is 15.1 Å². The van der Waals surface area contributed by atoms with Crippen LogP contribution < -0.4 is 5.32 Å². The van der Waals surface area contributed by atoms with Crippen molar-refractivity contribution >= 4 is 11.6 Å². The zero-order valence-electron chi connectivity index (χ0n) is 11.0. The highest BCUT2D eigenvalue weighted by Gasteiger charge is 2.15. The van der Waals surface area contributed by atoms with Crippen LogP contribution in [-0.4, -0.2) is 22.4 Å². The lowest BCUT2D eigenvalue weighted by atomic mass is 10.1. The van der Waals surface area contributed by atoms with E-state index in [1.54, 1.807) is 0 Å². The highest BCUT2D eigenvalue weighted by molar-refractivity contribution is 6.31. The lowest BCUT2D eigenvalue weighted by Crippen LogP contribution is -2.32. The van der Waals surface area contributed by atoms with Crippen LogP contribution in [0.5, 0.6) is 0 Å². The van der Waals surface area contributed by atoms with Crippen LogP contribution >= 0.6 is 11.6 Å². The van der Waals surface area contributed by atoms with Gasteiger partial charge >= 0.3 is 0 Å². The quantitative estimate of drug-likeness (QED) is 0.760. The van der Waals surface area contributed by atoms with Crippen molar-refractivity contribution < 1.29 is 0 Å². The van der Waals surface area contributed by atoms with Gasteiger partial charge in [0.25, 0.3) is 0 Å². The third kappa shape index (κ3) is 3.86. The Hall–Kier alpha value is -0.800. The lowest BCUT2D eigenvalue weighted by molar-refractivity contribution is 0.497. The van der Waals surface area contributed by atoms with E-state index in [2.05, 4.69) is 23.9 Å². The van der Waals surface area contributed by atoms with Gasteiger partial charge in [-0.1, -0.05) is 24.6 Å². The Morgan fingerprint density at radius 3 is 2.76 bits per heavy atom. The fraction of sp³-hybridized carbons (Fsp3) is 0.615. The maximum absolute atomic E-state index is 6.26. The van der Waals surface area contributed by atoms with E-state index >= 15 is 0 Å². The highest BCUT2D eigenvalue weighted by Crippen LogP contribution is 2.21. The minimum absolute atomic E-state index is 0.389. The van der Waals surface area contributed by atoms with Gasteiger partial charge in [-0.25, -0.2) is 0 Å². The average molecular weight is 256 g/mol. The zero-order chi connectivity index (χ0) is 12.8. The summed E-state index contributed by atoms with van der Waals surface area (Å²) in [5, 5.41) is 8.64. The largest absolute Gasteiger partial charge is 0.313 e. The predicted molar refractivity (Wildman–Crippen MR) is 73.6 cm³/mol. The first-order valence-corrected chi connectivity index (χ1v) is 6.50. The number of hydrogen-bond acceptors (Lipinski definition) is 2. The second-order valence-electron chi connectivity index (χ2n) is 4.35. The normalized spacial score (nSPS) is 12.7. The van der Waals surface area contributed by atoms with Crippen LogP contribution in [0.15, 0.2) is 12.7 Å². The molecule has 1 aromatic heterocycles. The molecule has 1 heterocycles. The van der Waals surface area contributed by atoms with Gasteiger partial charge in [0.15, 0.2) is 0 Å². The topological polar surface area (TPSA) is 29.9 Å². The third-order valence-electron chi connectivity index (χ3n) is 2.84. The van der Waals surface area contributed by atoms with Gasteiger partial charge < -0.3 is 5.32 Å². The standard InChI is InChI=1S/C13H22ClN3/c1-5-7-11(15-8-6-2)9-12-13(14)10(3)16-17(12)4/h5,11,15H,1,6-9H2,2-4H3. The number of hydrogen-bond donors (Lipinski definition) is 1. The van der Waals surface area contributed by atoms with E-state index < -0.39 is 0 Å². The van der Waals surface area contributed by atoms with Gasteiger partial charge in [-0.2, -0.15) is 5.10 Å². The third-order valence-corrected chi connectivity index (χ3v) is 3.33. The average Bonchev–Trinajstić information content (AvgIpc) is 2.53. The van der Waals surface area contributed by atoms with Crippen molar-refractivity contribution in [3.63, 3.8) is 0 Å². The molecular formula is C13H22ClN3. The first-order valence-electron chi connectivity index (χ1n) is 6.12. The van der Waals surface area contributed by atoms with Crippen LogP contribution in [0.2, 0.25) is 5.02 Å². The molecule has 0 fully saturated rings. The summed E-state index contributed by atoms with van der Waals surface area (Å²) >= 11 is 6.26. The minimum Gasteiger partial charge on any atom is -0.313 e. The molecule has 3 nitrogen and oxygen atoms in total. The van der Waals surface area contributed by atoms with Gasteiger partial charge in [-0.3, -0.25) is 4.68 Å². The van der Waals surface area contributed by atoms with Gasteiger partial charge in [-0.05, 0) is 26.3 Å². The minimum atomic E-state index is 0.389. The Labute approximate surface area is 109 Å². The molecule has 1 atom stereocenters. The summed E-state index contributed by atoms with van der Waals surface area (Å²) in [6.45, 7) is 8.93. The number of aryl methyl sites for hydroxylation is 2. The summed E-state index contributed by atoms with van der Waals surface area (Å²) in [6.07, 6.45) is 4.92. The molecule has 1 aromatic rings. The summed E-state index contributed by atoms with van der Waals surface area (Å²) in [5.74, 6) is 0. The molecule has 0 aliphatic carbocycles. The Morgan fingerprint density at radius 2 is 2.29 bits per heavy atom. The highest BCUT2D eigenvalue weighted by atomic mass is 35.5. The molecule has 4 heteroatoms. The van der Waals surface area contributed by atoms with Gasteiger partial charge in [-0.15, -0.1) is 6.58 Å². The number of halogens is 1. The van der Waals surface area contributed by atoms with Crippen LogP contribution in [0, 0.1) is 6.92 Å². The van der Waals surface area contributed by atoms with Crippen molar-refractivity contribution in [3.05, 3.63) is 29.1 Å². The van der Waals surface area contributed by atoms with Crippen molar-refractivity contribution in [1.29, 1.82) is 0 Å². The molecule has 0 bridgehead atoms. The summed E-state index contributed by atoms with van der Waals surface area (Å²) < 4.78 is 1.88. The van der Waals surface area contributed by atoms with Crippen molar-refractivity contribution in [2.45, 2.75) is 39.2 Å². The molecule has 0 amide bonds. The fourth-order valence-corrected chi connectivity index (χ4v) is 2.16. The second-order valence-corrected chi connectivity index (χ2v) is 4.73. The Balaban J connectivity index is 2.74. The maximum atomic E-state index is 6.26. The summed E-state index contributed by atoms with van der Waals surface area (Å²) in [7, 11) is 1.94. The molecule has 0 spiro atoms. The van der Waals surface area contributed by atoms with E-state index in [1.807, 2.05) is 24.7 Å². The van der Waals surface area contributed by atoms with Crippen LogP contribution in [0.3, 0.4) is 0 Å². The van der Waals surface area contributed by atoms with E-state index in [0.717, 1.165) is 42.2 Å². The van der Waals surface area contributed by atoms with E-state index in [1.165, 1.54) is 0 Å². The molecular weight excluding hydrogens is 234 g/mol. The zero-order valence-corrected chi connectivity index (χ0v) is 11.7. The SMILES string of the molecule is C=CCC(Cc1c(Cl)c(C)nn1C)NCCC. The van der Waals surface area contributed by atoms with Gasteiger partial charge in [0.1, 0.15) is 0 Å². The van der Waals surface area contributed by atoms with Crippen LogP contribution in [0.25, 0.3) is 0 Å². The van der Waals surface area contributed by atoms with Crippen molar-refractivity contribution in [2.75, 3.05) is 6.54 Å². The second kappa shape index (κ2) is 6.82. The van der Waals surface area contributed by atoms with E-state index in [4.69, 9.17) is 11.6 Å². The molecule has 1 rings (SSSR count). The number of aromatic nitrogens is 2. The maximum Gasteiger partial charge on any atom is 0.0847 e. The van der Waals surface area contributed by atoms with Crippen LogP contribution in [-0.2, 0) is 13.5 Å². The number of nitrogens with one attached hydrogen (secondary N) is 1. The molecule has 0 saturated heterocycles. The first-order chi connectivity index (χ1) is 8.10. The molecule has 17 heavy (non-hydrogen) atoms. The van der Waals surface area contributed by atoms with E-state index in [-0.39, 0.29) is 0 Å². The van der Waals surface area contributed by atoms with E-state index in [9.17, 15) is 0 Å². The Bertz CT molecular complexity index is 371. The van der Waals surface area contributed by atoms with E-state index in [0.29, 0.717) is 6.04 Å². The summed E-state index contributed by atoms with van der Waals surface area (Å²) in [6, 6.07) is 0.389. The molecule has 0 saturated carbocycles. The van der Waals surface area contributed by atoms with Crippen molar-refractivity contribution in [2.24, 2.45) is 7.05 Å². The summed E-state index contributed by atoms with van der Waals surface area (Å²) in [5.41, 5.74) is 2.00. The van der Waals surface area contributed by atoms with Crippen LogP contribution in [0.1, 0.15) is 31.2 Å².